The van der Waals surface area contributed by atoms with Crippen molar-refractivity contribution in [2.75, 3.05) is 4.90 Å². The summed E-state index contributed by atoms with van der Waals surface area (Å²) in [6.07, 6.45) is 0. The van der Waals surface area contributed by atoms with E-state index in [0.29, 0.717) is 45.3 Å². The van der Waals surface area contributed by atoms with Crippen LogP contribution in [0.25, 0.3) is 45.1 Å². The van der Waals surface area contributed by atoms with Crippen LogP contribution in [0.5, 0.6) is 0 Å². The number of imide groups is 1. The molecule has 0 unspecified atom stereocenters. The van der Waals surface area contributed by atoms with Crippen LogP contribution in [0, 0.1) is 0 Å². The van der Waals surface area contributed by atoms with Crippen molar-refractivity contribution in [3.63, 3.8) is 0 Å². The van der Waals surface area contributed by atoms with Crippen molar-refractivity contribution in [1.82, 2.24) is 9.97 Å². The van der Waals surface area contributed by atoms with Gasteiger partial charge in [-0.25, -0.2) is 14.9 Å². The second-order valence-corrected chi connectivity index (χ2v) is 8.23. The van der Waals surface area contributed by atoms with Gasteiger partial charge in [-0.3, -0.25) is 9.59 Å². The maximum absolute atomic E-state index is 13.3. The molecule has 166 valence electrons. The number of nitrogens with zero attached hydrogens (tertiary/aromatic N) is 3. The Morgan fingerprint density at radius 2 is 1.11 bits per heavy atom. The third-order valence-corrected chi connectivity index (χ3v) is 6.09. The quantitative estimate of drug-likeness (QED) is 0.298. The van der Waals surface area contributed by atoms with Crippen LogP contribution < -0.4 is 4.90 Å². The Bertz CT molecular complexity index is 1730. The summed E-state index contributed by atoms with van der Waals surface area (Å²) in [6.45, 7) is 0. The molecule has 0 fully saturated rings. The lowest BCUT2D eigenvalue weighted by Gasteiger charge is -2.13. The van der Waals surface area contributed by atoms with Crippen molar-refractivity contribution >= 4 is 39.7 Å². The number of oxazole rings is 2. The zero-order chi connectivity index (χ0) is 23.5. The highest BCUT2D eigenvalue weighted by Crippen LogP contribution is 2.34. The number of hydrogen-bond acceptors (Lipinski definition) is 6. The number of anilines is 1. The maximum atomic E-state index is 13.3. The molecule has 1 aliphatic heterocycles. The second kappa shape index (κ2) is 7.23. The maximum Gasteiger partial charge on any atom is 0.266 e. The van der Waals surface area contributed by atoms with Crippen LogP contribution in [0.4, 0.5) is 5.69 Å². The van der Waals surface area contributed by atoms with Gasteiger partial charge in [0, 0.05) is 11.1 Å². The van der Waals surface area contributed by atoms with E-state index < -0.39 is 5.91 Å². The fourth-order valence-corrected chi connectivity index (χ4v) is 4.35. The molecule has 0 N–H and O–H groups in total. The standard InChI is InChI=1S/C28H15N3O4/c32-27-19-14-11-17(26-30-22-6-2-4-8-24(22)35-26)15-20(19)28(33)31(27)18-12-9-16(10-13-18)25-29-21-5-1-3-7-23(21)34-25/h1-15H. The molecule has 1 aliphatic rings. The van der Waals surface area contributed by atoms with Crippen LogP contribution in [-0.4, -0.2) is 21.8 Å². The highest BCUT2D eigenvalue weighted by Gasteiger charge is 2.37. The number of carbonyl (C=O) groups is 2. The van der Waals surface area contributed by atoms with E-state index >= 15 is 0 Å². The number of aromatic nitrogens is 2. The molecule has 6 aromatic rings. The predicted octanol–water partition coefficient (Wildman–Crippen LogP) is 6.10. The molecular weight excluding hydrogens is 442 g/mol. The van der Waals surface area contributed by atoms with Crippen LogP contribution in [0.15, 0.2) is 99.8 Å². The molecule has 0 bridgehead atoms. The fourth-order valence-electron chi connectivity index (χ4n) is 4.35. The molecule has 0 saturated heterocycles. The first-order valence-corrected chi connectivity index (χ1v) is 11.0. The van der Waals surface area contributed by atoms with Gasteiger partial charge in [0.2, 0.25) is 11.8 Å². The van der Waals surface area contributed by atoms with Gasteiger partial charge in [-0.1, -0.05) is 24.3 Å². The molecule has 0 aliphatic carbocycles. The number of rotatable bonds is 3. The van der Waals surface area contributed by atoms with Gasteiger partial charge in [-0.2, -0.15) is 0 Å². The second-order valence-electron chi connectivity index (χ2n) is 8.23. The van der Waals surface area contributed by atoms with Gasteiger partial charge in [0.15, 0.2) is 11.2 Å². The van der Waals surface area contributed by atoms with Gasteiger partial charge >= 0.3 is 0 Å². The number of benzene rings is 4. The summed E-state index contributed by atoms with van der Waals surface area (Å²) in [5.74, 6) is 0.111. The highest BCUT2D eigenvalue weighted by molar-refractivity contribution is 6.34. The molecule has 7 nitrogen and oxygen atoms in total. The van der Waals surface area contributed by atoms with Gasteiger partial charge in [-0.05, 0) is 66.7 Å². The average molecular weight is 457 g/mol. The lowest BCUT2D eigenvalue weighted by atomic mass is 10.1. The van der Waals surface area contributed by atoms with Gasteiger partial charge in [0.05, 0.1) is 16.8 Å². The normalized spacial score (nSPS) is 13.2. The van der Waals surface area contributed by atoms with Crippen molar-refractivity contribution in [2.24, 2.45) is 0 Å². The van der Waals surface area contributed by atoms with E-state index in [2.05, 4.69) is 9.97 Å². The highest BCUT2D eigenvalue weighted by atomic mass is 16.4. The molecule has 0 radical (unpaired) electrons. The third-order valence-electron chi connectivity index (χ3n) is 6.09. The fraction of sp³-hybridized carbons (Fsp3) is 0. The molecule has 35 heavy (non-hydrogen) atoms. The van der Waals surface area contributed by atoms with E-state index in [1.807, 2.05) is 48.5 Å². The van der Waals surface area contributed by atoms with Gasteiger partial charge in [0.1, 0.15) is 11.0 Å². The molecule has 0 atom stereocenters. The molecule has 0 saturated carbocycles. The minimum Gasteiger partial charge on any atom is -0.436 e. The van der Waals surface area contributed by atoms with Crippen LogP contribution in [-0.2, 0) is 0 Å². The molecule has 3 heterocycles. The lowest BCUT2D eigenvalue weighted by Crippen LogP contribution is -2.29. The molecule has 7 heteroatoms. The van der Waals surface area contributed by atoms with Gasteiger partial charge in [0.25, 0.3) is 11.8 Å². The topological polar surface area (TPSA) is 89.4 Å². The summed E-state index contributed by atoms with van der Waals surface area (Å²) in [5.41, 5.74) is 5.37. The van der Waals surface area contributed by atoms with Crippen molar-refractivity contribution in [3.05, 3.63) is 102 Å². The molecule has 2 amide bonds. The molecule has 0 spiro atoms. The largest absolute Gasteiger partial charge is 0.436 e. The Hall–Kier alpha value is -5.04. The Balaban J connectivity index is 1.21. The zero-order valence-corrected chi connectivity index (χ0v) is 18.1. The van der Waals surface area contributed by atoms with E-state index in [9.17, 15) is 9.59 Å². The van der Waals surface area contributed by atoms with E-state index in [4.69, 9.17) is 8.83 Å². The first-order valence-electron chi connectivity index (χ1n) is 11.0. The summed E-state index contributed by atoms with van der Waals surface area (Å²) < 4.78 is 11.6. The van der Waals surface area contributed by atoms with E-state index in [0.717, 1.165) is 16.6 Å². The van der Waals surface area contributed by atoms with Crippen molar-refractivity contribution < 1.29 is 18.4 Å². The Morgan fingerprint density at radius 1 is 0.571 bits per heavy atom. The smallest absolute Gasteiger partial charge is 0.266 e. The van der Waals surface area contributed by atoms with Crippen LogP contribution in [0.1, 0.15) is 20.7 Å². The first-order chi connectivity index (χ1) is 17.2. The predicted molar refractivity (Wildman–Crippen MR) is 130 cm³/mol. The van der Waals surface area contributed by atoms with Crippen molar-refractivity contribution in [3.8, 4) is 22.9 Å². The zero-order valence-electron chi connectivity index (χ0n) is 18.1. The number of amides is 2. The average Bonchev–Trinajstić information content (AvgIpc) is 3.58. The molecule has 4 aromatic carbocycles. The Kier molecular flexibility index (Phi) is 4.01. The number of carbonyl (C=O) groups excluding carboxylic acids is 2. The summed E-state index contributed by atoms with van der Waals surface area (Å²) in [7, 11) is 0. The lowest BCUT2D eigenvalue weighted by molar-refractivity contribution is 0.0926. The minimum absolute atomic E-state index is 0.317. The van der Waals surface area contributed by atoms with Crippen LogP contribution >= 0.6 is 0 Å². The van der Waals surface area contributed by atoms with E-state index in [1.165, 1.54) is 4.90 Å². The Labute approximate surface area is 198 Å². The van der Waals surface area contributed by atoms with Crippen molar-refractivity contribution in [1.29, 1.82) is 0 Å². The summed E-state index contributed by atoms with van der Waals surface area (Å²) in [5, 5.41) is 0. The van der Waals surface area contributed by atoms with Crippen LogP contribution in [0.3, 0.4) is 0 Å². The summed E-state index contributed by atoms with van der Waals surface area (Å²) in [6, 6.07) is 27.0. The number of para-hydroxylation sites is 4. The SMILES string of the molecule is O=C1c2ccc(-c3nc4ccccc4o3)cc2C(=O)N1c1ccc(-c2nc3ccccc3o2)cc1. The molecule has 2 aromatic heterocycles. The summed E-state index contributed by atoms with van der Waals surface area (Å²) >= 11 is 0. The number of fused-ring (bicyclic) bond motifs is 3. The van der Waals surface area contributed by atoms with Gasteiger partial charge < -0.3 is 8.83 Å². The third kappa shape index (κ3) is 2.99. The van der Waals surface area contributed by atoms with E-state index in [1.54, 1.807) is 42.5 Å². The minimum atomic E-state index is -0.391. The molecular formula is C28H15N3O4. The van der Waals surface area contributed by atoms with E-state index in [-0.39, 0.29) is 5.91 Å². The number of hydrogen-bond donors (Lipinski definition) is 0. The first kappa shape index (κ1) is 19.4. The van der Waals surface area contributed by atoms with Crippen LogP contribution in [0.2, 0.25) is 0 Å². The Morgan fingerprint density at radius 3 is 1.74 bits per heavy atom. The summed E-state index contributed by atoms with van der Waals surface area (Å²) in [4.78, 5) is 36.5. The molecule has 7 rings (SSSR count). The monoisotopic (exact) mass is 457 g/mol. The van der Waals surface area contributed by atoms with Crippen molar-refractivity contribution in [2.45, 2.75) is 0 Å². The van der Waals surface area contributed by atoms with Gasteiger partial charge in [-0.15, -0.1) is 0 Å².